The Balaban J connectivity index is 1.38. The minimum atomic E-state index is -0.513. The smallest absolute Gasteiger partial charge is 0.236 e. The first-order chi connectivity index (χ1) is 16.9. The minimum Gasteiger partial charge on any atom is -0.493 e. The first-order valence-electron chi connectivity index (χ1n) is 13.6. The van der Waals surface area contributed by atoms with Crippen molar-refractivity contribution in [3.63, 3.8) is 0 Å². The number of fused-ring (bicyclic) bond motifs is 2. The second-order valence-corrected chi connectivity index (χ2v) is 12.3. The summed E-state index contributed by atoms with van der Waals surface area (Å²) < 4.78 is 19.4. The lowest BCUT2D eigenvalue weighted by Crippen LogP contribution is -2.81. The molecule has 7 aliphatic rings. The molecule has 7 heteroatoms. The zero-order chi connectivity index (χ0) is 24.2. The number of carbonyl (C=O) groups excluding carboxylic acids is 1. The van der Waals surface area contributed by atoms with Crippen LogP contribution in [0.5, 0.6) is 11.5 Å². The van der Waals surface area contributed by atoms with Gasteiger partial charge in [0.15, 0.2) is 11.5 Å². The van der Waals surface area contributed by atoms with Crippen LogP contribution in [-0.4, -0.2) is 68.4 Å². The Labute approximate surface area is 208 Å². The monoisotopic (exact) mass is 481 g/mol. The number of hydrogen-bond donors (Lipinski definition) is 2. The Morgan fingerprint density at radius 3 is 2.83 bits per heavy atom. The van der Waals surface area contributed by atoms with Gasteiger partial charge >= 0.3 is 0 Å². The molecular formula is C28H39N3O4. The maximum atomic E-state index is 12.5. The lowest BCUT2D eigenvalue weighted by Gasteiger charge is -2.74. The number of hydrogen-bond acceptors (Lipinski definition) is 6. The molecule has 2 spiro atoms. The fourth-order valence-electron chi connectivity index (χ4n) is 9.32. The van der Waals surface area contributed by atoms with Crippen molar-refractivity contribution in [2.24, 2.45) is 23.0 Å². The topological polar surface area (TPSA) is 86.0 Å². The maximum absolute atomic E-state index is 12.5. The fourth-order valence-corrected chi connectivity index (χ4v) is 9.32. The fraction of sp³-hybridized carbons (Fsp3) is 0.750. The molecule has 4 bridgehead atoms. The Hall–Kier alpha value is -1.83. The van der Waals surface area contributed by atoms with Crippen molar-refractivity contribution in [2.75, 3.05) is 33.9 Å². The van der Waals surface area contributed by atoms with Crippen molar-refractivity contribution in [2.45, 2.75) is 81.1 Å². The predicted octanol–water partition coefficient (Wildman–Crippen LogP) is 2.38. The molecule has 0 aromatic heterocycles. The summed E-state index contributed by atoms with van der Waals surface area (Å²) in [6, 6.07) is 4.40. The van der Waals surface area contributed by atoms with E-state index in [0.717, 1.165) is 56.1 Å². The molecule has 4 saturated carbocycles. The van der Waals surface area contributed by atoms with Crippen LogP contribution < -0.4 is 20.5 Å². The second kappa shape index (κ2) is 7.36. The molecule has 8 rings (SSSR count). The molecule has 35 heavy (non-hydrogen) atoms. The summed E-state index contributed by atoms with van der Waals surface area (Å²) in [7, 11) is 3.59. The zero-order valence-electron chi connectivity index (χ0n) is 21.3. The highest BCUT2D eigenvalue weighted by Crippen LogP contribution is 2.76. The van der Waals surface area contributed by atoms with E-state index >= 15 is 0 Å². The standard InChI is InChI=1S/C28H39N3O4/c1-16(29)24(32)30-14-19-13-26-8-9-28(19,34-3)25-27(26)10-11-31(15-17-4-5-17)21(26)12-18-6-7-20(33-2)23(35-25)22(18)27/h6-7,16-17,19,21,25H,4-5,8-15,29H2,1-3H3,(H,30,32). The molecule has 7 nitrogen and oxygen atoms in total. The van der Waals surface area contributed by atoms with Gasteiger partial charge in [0.05, 0.1) is 13.2 Å². The molecule has 7 atom stereocenters. The van der Waals surface area contributed by atoms with E-state index in [0.29, 0.717) is 12.6 Å². The molecular weight excluding hydrogens is 442 g/mol. The summed E-state index contributed by atoms with van der Waals surface area (Å²) in [6.45, 7) is 4.69. The van der Waals surface area contributed by atoms with Crippen LogP contribution in [0.1, 0.15) is 56.6 Å². The number of methoxy groups -OCH3 is 2. The van der Waals surface area contributed by atoms with E-state index in [2.05, 4.69) is 22.3 Å². The lowest BCUT2D eigenvalue weighted by molar-refractivity contribution is -0.276. The Morgan fingerprint density at radius 1 is 1.29 bits per heavy atom. The van der Waals surface area contributed by atoms with Gasteiger partial charge in [-0.05, 0) is 76.0 Å². The summed E-state index contributed by atoms with van der Waals surface area (Å²) in [4.78, 5) is 15.3. The second-order valence-electron chi connectivity index (χ2n) is 12.3. The number of likely N-dealkylation sites (tertiary alicyclic amines) is 1. The van der Waals surface area contributed by atoms with Gasteiger partial charge in [-0.15, -0.1) is 0 Å². The average molecular weight is 482 g/mol. The van der Waals surface area contributed by atoms with E-state index in [1.54, 1.807) is 14.0 Å². The third kappa shape index (κ3) is 2.65. The molecule has 7 unspecified atom stereocenters. The highest BCUT2D eigenvalue weighted by atomic mass is 16.6. The van der Waals surface area contributed by atoms with Gasteiger partial charge in [-0.2, -0.15) is 0 Å². The summed E-state index contributed by atoms with van der Waals surface area (Å²) in [5.41, 5.74) is 8.39. The SMILES string of the molecule is COc1ccc2c3c1OC1C4(OC)CCC5(CC4CNC(=O)C(C)N)C(C2)N(CC2CC2)CCC315. The van der Waals surface area contributed by atoms with Gasteiger partial charge in [-0.3, -0.25) is 9.69 Å². The third-order valence-corrected chi connectivity index (χ3v) is 10.9. The van der Waals surface area contributed by atoms with Crippen molar-refractivity contribution in [3.05, 3.63) is 23.3 Å². The van der Waals surface area contributed by atoms with Gasteiger partial charge in [-0.1, -0.05) is 6.07 Å². The number of carbonyl (C=O) groups is 1. The highest BCUT2D eigenvalue weighted by Gasteiger charge is 2.80. The quantitative estimate of drug-likeness (QED) is 0.622. The number of ether oxygens (including phenoxy) is 3. The molecule has 5 aliphatic carbocycles. The van der Waals surface area contributed by atoms with Gasteiger partial charge in [-0.25, -0.2) is 0 Å². The van der Waals surface area contributed by atoms with Crippen LogP contribution in [0.4, 0.5) is 0 Å². The summed E-state index contributed by atoms with van der Waals surface area (Å²) in [5.74, 6) is 2.76. The van der Waals surface area contributed by atoms with Crippen LogP contribution in [0.3, 0.4) is 0 Å². The van der Waals surface area contributed by atoms with E-state index in [1.165, 1.54) is 30.5 Å². The molecule has 1 amide bonds. The van der Waals surface area contributed by atoms with Crippen LogP contribution in [0.25, 0.3) is 0 Å². The van der Waals surface area contributed by atoms with Gasteiger partial charge in [0.1, 0.15) is 11.7 Å². The van der Waals surface area contributed by atoms with E-state index < -0.39 is 11.6 Å². The minimum absolute atomic E-state index is 0.0505. The zero-order valence-corrected chi connectivity index (χ0v) is 21.3. The molecule has 2 aliphatic heterocycles. The lowest BCUT2D eigenvalue weighted by atomic mass is 9.35. The van der Waals surface area contributed by atoms with Gasteiger partial charge in [0, 0.05) is 48.6 Å². The average Bonchev–Trinajstić information content (AvgIpc) is 3.61. The first-order valence-corrected chi connectivity index (χ1v) is 13.6. The molecule has 3 N–H and O–H groups in total. The van der Waals surface area contributed by atoms with Crippen LogP contribution in [0, 0.1) is 17.3 Å². The molecule has 5 fully saturated rings. The van der Waals surface area contributed by atoms with Crippen molar-refractivity contribution >= 4 is 5.91 Å². The van der Waals surface area contributed by atoms with E-state index in [1.807, 2.05) is 7.11 Å². The van der Waals surface area contributed by atoms with Crippen LogP contribution in [-0.2, 0) is 21.4 Å². The third-order valence-electron chi connectivity index (χ3n) is 10.9. The summed E-state index contributed by atoms with van der Waals surface area (Å²) >= 11 is 0. The number of nitrogens with zero attached hydrogens (tertiary/aromatic N) is 1. The van der Waals surface area contributed by atoms with Crippen molar-refractivity contribution < 1.29 is 19.0 Å². The normalized spacial score (nSPS) is 41.2. The number of amides is 1. The first kappa shape index (κ1) is 22.4. The maximum Gasteiger partial charge on any atom is 0.236 e. The number of nitrogens with one attached hydrogen (secondary N) is 1. The molecule has 2 heterocycles. The van der Waals surface area contributed by atoms with Gasteiger partial charge in [0.2, 0.25) is 5.91 Å². The van der Waals surface area contributed by atoms with Crippen molar-refractivity contribution in [3.8, 4) is 11.5 Å². The Morgan fingerprint density at radius 2 is 2.11 bits per heavy atom. The van der Waals surface area contributed by atoms with E-state index in [4.69, 9.17) is 19.9 Å². The van der Waals surface area contributed by atoms with Crippen LogP contribution in [0.2, 0.25) is 0 Å². The van der Waals surface area contributed by atoms with E-state index in [9.17, 15) is 4.79 Å². The largest absolute Gasteiger partial charge is 0.493 e. The molecule has 1 aromatic carbocycles. The van der Waals surface area contributed by atoms with Crippen LogP contribution >= 0.6 is 0 Å². The number of nitrogens with two attached hydrogens (primary N) is 1. The Kier molecular flexibility index (Phi) is 4.70. The van der Waals surface area contributed by atoms with Gasteiger partial charge < -0.3 is 25.3 Å². The van der Waals surface area contributed by atoms with E-state index in [-0.39, 0.29) is 28.8 Å². The van der Waals surface area contributed by atoms with Crippen LogP contribution in [0.15, 0.2) is 12.1 Å². The number of rotatable bonds is 7. The number of piperidine rings is 1. The highest BCUT2D eigenvalue weighted by molar-refractivity contribution is 5.81. The molecule has 1 aromatic rings. The van der Waals surface area contributed by atoms with Gasteiger partial charge in [0.25, 0.3) is 0 Å². The number of benzene rings is 1. The molecule has 0 radical (unpaired) electrons. The predicted molar refractivity (Wildman–Crippen MR) is 132 cm³/mol. The molecule has 1 saturated heterocycles. The summed E-state index contributed by atoms with van der Waals surface area (Å²) in [5, 5.41) is 3.16. The molecule has 190 valence electrons. The van der Waals surface area contributed by atoms with Crippen molar-refractivity contribution in [1.29, 1.82) is 0 Å². The Bertz CT molecular complexity index is 1070. The summed E-state index contributed by atoms with van der Waals surface area (Å²) in [6.07, 6.45) is 8.06. The van der Waals surface area contributed by atoms with Crippen molar-refractivity contribution in [1.82, 2.24) is 10.2 Å².